The van der Waals surface area contributed by atoms with Gasteiger partial charge in [0, 0.05) is 0 Å². The molecule has 0 aliphatic heterocycles. The van der Waals surface area contributed by atoms with Crippen molar-refractivity contribution in [2.24, 2.45) is 0 Å². The minimum absolute atomic E-state index is 0.526. The van der Waals surface area contributed by atoms with Gasteiger partial charge < -0.3 is 14.5 Å². The largest absolute Gasteiger partial charge is 0.492 e. The molecule has 1 N–H and O–H groups in total. The van der Waals surface area contributed by atoms with Crippen LogP contribution in [0.5, 0.6) is 5.75 Å². The number of hydrogen-bond donors (Lipinski definition) is 1. The highest BCUT2D eigenvalue weighted by Crippen LogP contribution is 2.17. The van der Waals surface area contributed by atoms with Crippen molar-refractivity contribution < 1.29 is 9.15 Å². The van der Waals surface area contributed by atoms with Crippen molar-refractivity contribution in [2.45, 2.75) is 0 Å². The summed E-state index contributed by atoms with van der Waals surface area (Å²) in [6, 6.07) is 17.9. The molecule has 4 nitrogen and oxygen atoms in total. The zero-order valence-corrected chi connectivity index (χ0v) is 10.4. The summed E-state index contributed by atoms with van der Waals surface area (Å²) in [6.07, 6.45) is 0. The predicted octanol–water partition coefficient (Wildman–Crippen LogP) is 3.32. The van der Waals surface area contributed by atoms with E-state index in [1.54, 1.807) is 0 Å². The van der Waals surface area contributed by atoms with E-state index in [2.05, 4.69) is 10.3 Å². The molecule has 19 heavy (non-hydrogen) atoms. The number of nitrogens with one attached hydrogen (secondary N) is 1. The van der Waals surface area contributed by atoms with E-state index in [-0.39, 0.29) is 0 Å². The van der Waals surface area contributed by atoms with Crippen molar-refractivity contribution in [3.8, 4) is 5.75 Å². The number of rotatable bonds is 5. The summed E-state index contributed by atoms with van der Waals surface area (Å²) in [6.45, 7) is 1.20. The van der Waals surface area contributed by atoms with Crippen molar-refractivity contribution in [3.63, 3.8) is 0 Å². The molecule has 3 rings (SSSR count). The van der Waals surface area contributed by atoms with E-state index in [0.717, 1.165) is 16.8 Å². The van der Waals surface area contributed by atoms with Gasteiger partial charge >= 0.3 is 0 Å². The van der Waals surface area contributed by atoms with Gasteiger partial charge in [0.2, 0.25) is 0 Å². The van der Waals surface area contributed by atoms with Crippen LogP contribution in [-0.2, 0) is 0 Å². The first-order valence-electron chi connectivity index (χ1n) is 6.19. The number of para-hydroxylation sites is 3. The summed E-state index contributed by atoms with van der Waals surface area (Å²) in [4.78, 5) is 4.32. The standard InChI is InChI=1S/C15H14N2O2/c1-2-6-12(7-3-1)18-11-10-16-15-17-13-8-4-5-9-14(13)19-15/h1-9H,10-11H2,(H,16,17). The van der Waals surface area contributed by atoms with Crippen LogP contribution in [0.3, 0.4) is 0 Å². The molecule has 3 aromatic rings. The fourth-order valence-corrected chi connectivity index (χ4v) is 1.79. The number of hydrogen-bond acceptors (Lipinski definition) is 4. The zero-order valence-electron chi connectivity index (χ0n) is 10.4. The molecule has 0 amide bonds. The van der Waals surface area contributed by atoms with Crippen LogP contribution >= 0.6 is 0 Å². The van der Waals surface area contributed by atoms with Crippen LogP contribution in [-0.4, -0.2) is 18.1 Å². The van der Waals surface area contributed by atoms with E-state index in [4.69, 9.17) is 9.15 Å². The quantitative estimate of drug-likeness (QED) is 0.709. The van der Waals surface area contributed by atoms with Crippen molar-refractivity contribution in [3.05, 3.63) is 54.6 Å². The van der Waals surface area contributed by atoms with Gasteiger partial charge in [0.25, 0.3) is 6.01 Å². The fraction of sp³-hybridized carbons (Fsp3) is 0.133. The van der Waals surface area contributed by atoms with E-state index in [0.29, 0.717) is 19.2 Å². The van der Waals surface area contributed by atoms with Gasteiger partial charge in [-0.15, -0.1) is 0 Å². The Labute approximate surface area is 111 Å². The molecule has 0 atom stereocenters. The molecule has 96 valence electrons. The maximum atomic E-state index is 5.57. The van der Waals surface area contributed by atoms with Crippen LogP contribution in [0, 0.1) is 0 Å². The summed E-state index contributed by atoms with van der Waals surface area (Å²) in [5.74, 6) is 0.863. The van der Waals surface area contributed by atoms with E-state index >= 15 is 0 Å². The first kappa shape index (κ1) is 11.6. The molecule has 0 fully saturated rings. The Hall–Kier alpha value is -2.49. The number of nitrogens with zero attached hydrogens (tertiary/aromatic N) is 1. The molecule has 1 aromatic heterocycles. The van der Waals surface area contributed by atoms with Crippen LogP contribution in [0.2, 0.25) is 0 Å². The van der Waals surface area contributed by atoms with Crippen molar-refractivity contribution in [1.82, 2.24) is 4.98 Å². The number of anilines is 1. The van der Waals surface area contributed by atoms with Gasteiger partial charge in [-0.2, -0.15) is 4.98 Å². The second-order valence-electron chi connectivity index (χ2n) is 4.08. The highest BCUT2D eigenvalue weighted by molar-refractivity contribution is 5.74. The molecule has 0 bridgehead atoms. The molecular formula is C15H14N2O2. The molecular weight excluding hydrogens is 240 g/mol. The Kier molecular flexibility index (Phi) is 3.32. The van der Waals surface area contributed by atoms with Gasteiger partial charge in [-0.1, -0.05) is 30.3 Å². The van der Waals surface area contributed by atoms with Gasteiger partial charge in [-0.05, 0) is 24.3 Å². The lowest BCUT2D eigenvalue weighted by Crippen LogP contribution is -2.11. The number of ether oxygens (including phenoxy) is 1. The number of oxazole rings is 1. The Morgan fingerprint density at radius 2 is 1.79 bits per heavy atom. The van der Waals surface area contributed by atoms with Gasteiger partial charge in [0.15, 0.2) is 5.58 Å². The minimum Gasteiger partial charge on any atom is -0.492 e. The van der Waals surface area contributed by atoms with Gasteiger partial charge in [0.1, 0.15) is 17.9 Å². The van der Waals surface area contributed by atoms with E-state index in [9.17, 15) is 0 Å². The first-order valence-corrected chi connectivity index (χ1v) is 6.19. The number of aromatic nitrogens is 1. The maximum absolute atomic E-state index is 5.57. The van der Waals surface area contributed by atoms with Crippen LogP contribution in [0.1, 0.15) is 0 Å². The molecule has 2 aromatic carbocycles. The Balaban J connectivity index is 1.52. The molecule has 0 saturated carbocycles. The fourth-order valence-electron chi connectivity index (χ4n) is 1.79. The second-order valence-corrected chi connectivity index (χ2v) is 4.08. The lowest BCUT2D eigenvalue weighted by molar-refractivity contribution is 0.331. The van der Waals surface area contributed by atoms with Crippen LogP contribution in [0.25, 0.3) is 11.1 Å². The average molecular weight is 254 g/mol. The Morgan fingerprint density at radius 1 is 1.00 bits per heavy atom. The number of fused-ring (bicyclic) bond motifs is 1. The highest BCUT2D eigenvalue weighted by Gasteiger charge is 2.03. The summed E-state index contributed by atoms with van der Waals surface area (Å²) in [5.41, 5.74) is 1.64. The Bertz CT molecular complexity index is 616. The summed E-state index contributed by atoms with van der Waals surface area (Å²) >= 11 is 0. The van der Waals surface area contributed by atoms with Gasteiger partial charge in [0.05, 0.1) is 6.54 Å². The van der Waals surface area contributed by atoms with Crippen molar-refractivity contribution in [2.75, 3.05) is 18.5 Å². The topological polar surface area (TPSA) is 47.3 Å². The normalized spacial score (nSPS) is 10.5. The van der Waals surface area contributed by atoms with Gasteiger partial charge in [-0.3, -0.25) is 0 Å². The lowest BCUT2D eigenvalue weighted by Gasteiger charge is -2.05. The summed E-state index contributed by atoms with van der Waals surface area (Å²) in [7, 11) is 0. The van der Waals surface area contributed by atoms with E-state index in [1.807, 2.05) is 54.6 Å². The van der Waals surface area contributed by atoms with E-state index < -0.39 is 0 Å². The maximum Gasteiger partial charge on any atom is 0.295 e. The van der Waals surface area contributed by atoms with Crippen molar-refractivity contribution in [1.29, 1.82) is 0 Å². The van der Waals surface area contributed by atoms with Gasteiger partial charge in [-0.25, -0.2) is 0 Å². The predicted molar refractivity (Wildman–Crippen MR) is 74.4 cm³/mol. The molecule has 0 radical (unpaired) electrons. The third-order valence-corrected chi connectivity index (χ3v) is 2.68. The first-order chi connectivity index (χ1) is 9.42. The van der Waals surface area contributed by atoms with Crippen molar-refractivity contribution >= 4 is 17.1 Å². The molecule has 1 heterocycles. The lowest BCUT2D eigenvalue weighted by atomic mass is 10.3. The minimum atomic E-state index is 0.526. The van der Waals surface area contributed by atoms with Crippen LogP contribution < -0.4 is 10.1 Å². The average Bonchev–Trinajstić information content (AvgIpc) is 2.87. The van der Waals surface area contributed by atoms with Crippen LogP contribution in [0.15, 0.2) is 59.0 Å². The summed E-state index contributed by atoms with van der Waals surface area (Å²) in [5, 5.41) is 3.10. The third-order valence-electron chi connectivity index (χ3n) is 2.68. The SMILES string of the molecule is c1ccc(OCCNc2nc3ccccc3o2)cc1. The third kappa shape index (κ3) is 2.85. The number of benzene rings is 2. The molecule has 4 heteroatoms. The van der Waals surface area contributed by atoms with Crippen LogP contribution in [0.4, 0.5) is 6.01 Å². The summed E-state index contributed by atoms with van der Waals surface area (Å²) < 4.78 is 11.1. The molecule has 0 unspecified atom stereocenters. The molecule has 0 spiro atoms. The molecule has 0 saturated heterocycles. The second kappa shape index (κ2) is 5.44. The zero-order chi connectivity index (χ0) is 12.9. The monoisotopic (exact) mass is 254 g/mol. The Morgan fingerprint density at radius 3 is 2.63 bits per heavy atom. The highest BCUT2D eigenvalue weighted by atomic mass is 16.5. The smallest absolute Gasteiger partial charge is 0.295 e. The molecule has 0 aliphatic carbocycles. The van der Waals surface area contributed by atoms with E-state index in [1.165, 1.54) is 0 Å². The molecule has 0 aliphatic rings.